The Labute approximate surface area is 94.1 Å². The summed E-state index contributed by atoms with van der Waals surface area (Å²) in [6, 6.07) is 0. The maximum absolute atomic E-state index is 13.3. The van der Waals surface area contributed by atoms with Crippen LogP contribution in [0.2, 0.25) is 0 Å². The molecule has 1 aliphatic heterocycles. The van der Waals surface area contributed by atoms with Gasteiger partial charge in [0.1, 0.15) is 0 Å². The highest BCUT2D eigenvalue weighted by Crippen LogP contribution is 2.16. The Hall–Kier alpha value is -1.43. The van der Waals surface area contributed by atoms with Crippen molar-refractivity contribution in [3.8, 4) is 0 Å². The molecule has 0 spiro atoms. The number of nitrogen functional groups attached to an aromatic ring is 1. The average molecular weight is 225 g/mol. The molecular formula is C10H16FN5. The molecule has 6 heteroatoms. The van der Waals surface area contributed by atoms with Gasteiger partial charge in [0.2, 0.25) is 5.95 Å². The van der Waals surface area contributed by atoms with E-state index in [1.807, 2.05) is 4.90 Å². The molecule has 1 aliphatic rings. The summed E-state index contributed by atoms with van der Waals surface area (Å²) in [7, 11) is 2.07. The number of anilines is 2. The molecule has 1 fully saturated rings. The summed E-state index contributed by atoms with van der Waals surface area (Å²) >= 11 is 0. The highest BCUT2D eigenvalue weighted by molar-refractivity contribution is 5.42. The van der Waals surface area contributed by atoms with Gasteiger partial charge < -0.3 is 15.5 Å². The van der Waals surface area contributed by atoms with Gasteiger partial charge in [-0.05, 0) is 14.0 Å². The minimum atomic E-state index is -0.516. The Kier molecular flexibility index (Phi) is 2.91. The van der Waals surface area contributed by atoms with Gasteiger partial charge in [-0.1, -0.05) is 0 Å². The highest BCUT2D eigenvalue weighted by Gasteiger charge is 2.18. The van der Waals surface area contributed by atoms with Crippen molar-refractivity contribution >= 4 is 11.8 Å². The third-order valence-electron chi connectivity index (χ3n) is 2.82. The van der Waals surface area contributed by atoms with Gasteiger partial charge in [0, 0.05) is 26.2 Å². The van der Waals surface area contributed by atoms with E-state index in [0.717, 1.165) is 26.2 Å². The number of nitrogens with zero attached hydrogens (tertiary/aromatic N) is 4. The zero-order chi connectivity index (χ0) is 11.7. The second kappa shape index (κ2) is 4.21. The molecule has 1 aromatic rings. The molecule has 0 amide bonds. The predicted molar refractivity (Wildman–Crippen MR) is 60.8 cm³/mol. The second-order valence-electron chi connectivity index (χ2n) is 4.10. The number of hydrogen-bond donors (Lipinski definition) is 1. The summed E-state index contributed by atoms with van der Waals surface area (Å²) in [6.07, 6.45) is 0. The first kappa shape index (κ1) is 11.1. The Morgan fingerprint density at radius 2 is 1.81 bits per heavy atom. The van der Waals surface area contributed by atoms with Crippen LogP contribution >= 0.6 is 0 Å². The average Bonchev–Trinajstić information content (AvgIpc) is 2.26. The first-order chi connectivity index (χ1) is 7.58. The van der Waals surface area contributed by atoms with E-state index in [4.69, 9.17) is 5.73 Å². The third-order valence-corrected chi connectivity index (χ3v) is 2.82. The van der Waals surface area contributed by atoms with Crippen molar-refractivity contribution < 1.29 is 4.39 Å². The molecule has 0 aromatic carbocycles. The molecule has 0 bridgehead atoms. The van der Waals surface area contributed by atoms with E-state index < -0.39 is 5.82 Å². The molecule has 2 rings (SSSR count). The van der Waals surface area contributed by atoms with E-state index in [9.17, 15) is 4.39 Å². The monoisotopic (exact) mass is 225 g/mol. The van der Waals surface area contributed by atoms with Gasteiger partial charge in [0.15, 0.2) is 11.6 Å². The van der Waals surface area contributed by atoms with Crippen LogP contribution in [0.5, 0.6) is 0 Å². The van der Waals surface area contributed by atoms with Crippen LogP contribution < -0.4 is 10.6 Å². The smallest absolute Gasteiger partial charge is 0.227 e. The van der Waals surface area contributed by atoms with E-state index >= 15 is 0 Å². The first-order valence-corrected chi connectivity index (χ1v) is 5.31. The van der Waals surface area contributed by atoms with Crippen LogP contribution in [0.3, 0.4) is 0 Å². The van der Waals surface area contributed by atoms with E-state index in [1.54, 1.807) is 6.92 Å². The number of halogens is 1. The van der Waals surface area contributed by atoms with Gasteiger partial charge in [-0.2, -0.15) is 4.98 Å². The molecule has 0 atom stereocenters. The first-order valence-electron chi connectivity index (χ1n) is 5.31. The zero-order valence-corrected chi connectivity index (χ0v) is 9.57. The molecule has 1 aromatic heterocycles. The van der Waals surface area contributed by atoms with Gasteiger partial charge in [0.05, 0.1) is 5.69 Å². The Balaban J connectivity index is 2.21. The highest BCUT2D eigenvalue weighted by atomic mass is 19.1. The standard InChI is InChI=1S/C10H16FN5/c1-7-8(11)9(12)14-10(13-7)16-5-3-15(2)4-6-16/h3-6H2,1-2H3,(H2,12,13,14). The number of hydrogen-bond acceptors (Lipinski definition) is 5. The fourth-order valence-corrected chi connectivity index (χ4v) is 1.71. The molecular weight excluding hydrogens is 209 g/mol. The molecule has 16 heavy (non-hydrogen) atoms. The minimum Gasteiger partial charge on any atom is -0.381 e. The number of likely N-dealkylation sites (N-methyl/N-ethyl adjacent to an activating group) is 1. The van der Waals surface area contributed by atoms with Crippen molar-refractivity contribution in [3.05, 3.63) is 11.5 Å². The lowest BCUT2D eigenvalue weighted by atomic mass is 10.3. The van der Waals surface area contributed by atoms with Gasteiger partial charge in [0.25, 0.3) is 0 Å². The summed E-state index contributed by atoms with van der Waals surface area (Å²) < 4.78 is 13.3. The zero-order valence-electron chi connectivity index (χ0n) is 9.57. The van der Waals surface area contributed by atoms with E-state index in [0.29, 0.717) is 11.6 Å². The molecule has 0 radical (unpaired) electrons. The number of rotatable bonds is 1. The SMILES string of the molecule is Cc1nc(N2CCN(C)CC2)nc(N)c1F. The lowest BCUT2D eigenvalue weighted by Gasteiger charge is -2.32. The third kappa shape index (κ3) is 2.06. The molecule has 2 N–H and O–H groups in total. The van der Waals surface area contributed by atoms with Gasteiger partial charge in [-0.3, -0.25) is 0 Å². The van der Waals surface area contributed by atoms with Crippen LogP contribution in [0.1, 0.15) is 5.69 Å². The Morgan fingerprint density at radius 3 is 2.38 bits per heavy atom. The summed E-state index contributed by atoms with van der Waals surface area (Å²) in [5.74, 6) is -0.0520. The second-order valence-corrected chi connectivity index (χ2v) is 4.10. The van der Waals surface area contributed by atoms with Crippen molar-refractivity contribution in [1.29, 1.82) is 0 Å². The van der Waals surface area contributed by atoms with Crippen LogP contribution in [0.25, 0.3) is 0 Å². The molecule has 0 unspecified atom stereocenters. The molecule has 2 heterocycles. The maximum atomic E-state index is 13.3. The topological polar surface area (TPSA) is 58.3 Å². The number of piperazine rings is 1. The van der Waals surface area contributed by atoms with E-state index in [-0.39, 0.29) is 5.82 Å². The molecule has 88 valence electrons. The minimum absolute atomic E-state index is 0.0681. The lowest BCUT2D eigenvalue weighted by Crippen LogP contribution is -2.45. The van der Waals surface area contributed by atoms with Gasteiger partial charge >= 0.3 is 0 Å². The Bertz CT molecular complexity index is 364. The van der Waals surface area contributed by atoms with Crippen LogP contribution in [-0.2, 0) is 0 Å². The number of nitrogens with two attached hydrogens (primary N) is 1. The molecule has 0 aliphatic carbocycles. The molecule has 0 saturated carbocycles. The summed E-state index contributed by atoms with van der Waals surface area (Å²) in [5, 5.41) is 0. The summed E-state index contributed by atoms with van der Waals surface area (Å²) in [4.78, 5) is 12.4. The largest absolute Gasteiger partial charge is 0.381 e. The van der Waals surface area contributed by atoms with Crippen LogP contribution in [0, 0.1) is 12.7 Å². The summed E-state index contributed by atoms with van der Waals surface area (Å²) in [5.41, 5.74) is 5.80. The van der Waals surface area contributed by atoms with Gasteiger partial charge in [-0.25, -0.2) is 9.37 Å². The summed E-state index contributed by atoms with van der Waals surface area (Å²) in [6.45, 7) is 5.22. The van der Waals surface area contributed by atoms with Crippen molar-refractivity contribution in [1.82, 2.24) is 14.9 Å². The Morgan fingerprint density at radius 1 is 1.19 bits per heavy atom. The number of aryl methyl sites for hydroxylation is 1. The maximum Gasteiger partial charge on any atom is 0.227 e. The lowest BCUT2D eigenvalue weighted by molar-refractivity contribution is 0.311. The fraction of sp³-hybridized carbons (Fsp3) is 0.600. The quantitative estimate of drug-likeness (QED) is 0.743. The van der Waals surface area contributed by atoms with E-state index in [1.165, 1.54) is 0 Å². The normalized spacial score (nSPS) is 17.8. The van der Waals surface area contributed by atoms with Crippen molar-refractivity contribution in [2.45, 2.75) is 6.92 Å². The molecule has 1 saturated heterocycles. The fourth-order valence-electron chi connectivity index (χ4n) is 1.71. The van der Waals surface area contributed by atoms with E-state index in [2.05, 4.69) is 21.9 Å². The van der Waals surface area contributed by atoms with Crippen molar-refractivity contribution in [3.63, 3.8) is 0 Å². The van der Waals surface area contributed by atoms with Crippen LogP contribution in [0.4, 0.5) is 16.2 Å². The number of aromatic nitrogens is 2. The van der Waals surface area contributed by atoms with Gasteiger partial charge in [-0.15, -0.1) is 0 Å². The van der Waals surface area contributed by atoms with Crippen LogP contribution in [-0.4, -0.2) is 48.1 Å². The molecule has 5 nitrogen and oxygen atoms in total. The van der Waals surface area contributed by atoms with Crippen molar-refractivity contribution in [2.24, 2.45) is 0 Å². The predicted octanol–water partition coefficient (Wildman–Crippen LogP) is 0.258. The van der Waals surface area contributed by atoms with Crippen molar-refractivity contribution in [2.75, 3.05) is 43.9 Å². The van der Waals surface area contributed by atoms with Crippen LogP contribution in [0.15, 0.2) is 0 Å².